The van der Waals surface area contributed by atoms with Crippen molar-refractivity contribution in [2.45, 2.75) is 24.9 Å². The van der Waals surface area contributed by atoms with Crippen molar-refractivity contribution in [2.75, 3.05) is 0 Å². The maximum atomic E-state index is 10.5. The van der Waals surface area contributed by atoms with Gasteiger partial charge in [-0.05, 0) is 60.7 Å². The minimum absolute atomic E-state index is 0.127. The second-order valence-corrected chi connectivity index (χ2v) is 6.03. The number of hydrogen-bond donors (Lipinski definition) is 1. The summed E-state index contributed by atoms with van der Waals surface area (Å²) in [5.74, 6) is 6.56. The lowest BCUT2D eigenvalue weighted by atomic mass is 9.69. The minimum atomic E-state index is -0.127. The Morgan fingerprint density at radius 3 is 2.67 bits per heavy atom. The molecule has 8 atom stereocenters. The molecule has 6 rings (SSSR count). The van der Waals surface area contributed by atoms with E-state index in [4.69, 9.17) is 0 Å². The van der Waals surface area contributed by atoms with Crippen molar-refractivity contribution in [1.82, 2.24) is 0 Å². The van der Waals surface area contributed by atoms with Gasteiger partial charge in [-0.2, -0.15) is 0 Å². The quantitative estimate of drug-likeness (QED) is 0.568. The molecule has 6 bridgehead atoms. The first-order valence-electron chi connectivity index (χ1n) is 5.53. The first-order valence-corrected chi connectivity index (χ1v) is 5.53. The monoisotopic (exact) mass is 162 g/mol. The van der Waals surface area contributed by atoms with Crippen molar-refractivity contribution in [2.24, 2.45) is 41.4 Å². The van der Waals surface area contributed by atoms with Gasteiger partial charge in [-0.3, -0.25) is 0 Å². The molecule has 12 heavy (non-hydrogen) atoms. The fraction of sp³-hybridized carbons (Fsp3) is 1.00. The van der Waals surface area contributed by atoms with Gasteiger partial charge in [0.15, 0.2) is 0 Å². The van der Waals surface area contributed by atoms with Crippen LogP contribution in [0.25, 0.3) is 0 Å². The van der Waals surface area contributed by atoms with Crippen LogP contribution in [0.4, 0.5) is 0 Å². The summed E-state index contributed by atoms with van der Waals surface area (Å²) in [6, 6.07) is 0. The Labute approximate surface area is 72.2 Å². The molecule has 0 aliphatic heterocycles. The lowest BCUT2D eigenvalue weighted by Crippen LogP contribution is -2.43. The highest BCUT2D eigenvalue weighted by Gasteiger charge is 2.82. The lowest BCUT2D eigenvalue weighted by Gasteiger charge is -2.39. The number of aliphatic hydroxyl groups is 1. The second kappa shape index (κ2) is 1.21. The molecule has 0 saturated heterocycles. The molecule has 0 aromatic rings. The summed E-state index contributed by atoms with van der Waals surface area (Å²) >= 11 is 0. The van der Waals surface area contributed by atoms with E-state index in [1.54, 1.807) is 0 Å². The van der Waals surface area contributed by atoms with Crippen molar-refractivity contribution in [3.05, 3.63) is 0 Å². The third kappa shape index (κ3) is 0.285. The SMILES string of the molecule is O[C@@]12C[C@H]3[C@H]4C[C@H]5[C@@H](C[C@H]1[C@@H]53)[C@H]42. The number of hydrogen-bond acceptors (Lipinski definition) is 1. The molecule has 1 heteroatoms. The Bertz CT molecular complexity index is 297. The topological polar surface area (TPSA) is 20.2 Å². The zero-order valence-corrected chi connectivity index (χ0v) is 7.11. The van der Waals surface area contributed by atoms with Crippen molar-refractivity contribution in [1.29, 1.82) is 0 Å². The smallest absolute Gasteiger partial charge is 0.0715 e. The van der Waals surface area contributed by atoms with Gasteiger partial charge in [-0.25, -0.2) is 0 Å². The van der Waals surface area contributed by atoms with E-state index in [-0.39, 0.29) is 5.60 Å². The van der Waals surface area contributed by atoms with Crippen LogP contribution in [-0.4, -0.2) is 10.7 Å². The Kier molecular flexibility index (Phi) is 0.569. The normalized spacial score (nSPS) is 85.2. The molecule has 0 radical (unpaired) electrons. The third-order valence-electron chi connectivity index (χ3n) is 6.33. The van der Waals surface area contributed by atoms with Crippen LogP contribution in [0.2, 0.25) is 0 Å². The van der Waals surface area contributed by atoms with Crippen molar-refractivity contribution in [3.63, 3.8) is 0 Å². The summed E-state index contributed by atoms with van der Waals surface area (Å²) in [5, 5.41) is 10.5. The first-order chi connectivity index (χ1) is 5.81. The molecule has 0 amide bonds. The third-order valence-corrected chi connectivity index (χ3v) is 6.33. The summed E-state index contributed by atoms with van der Waals surface area (Å²) < 4.78 is 0. The summed E-state index contributed by atoms with van der Waals surface area (Å²) in [7, 11) is 0. The summed E-state index contributed by atoms with van der Waals surface area (Å²) in [5.41, 5.74) is -0.127. The van der Waals surface area contributed by atoms with E-state index in [0.717, 1.165) is 41.4 Å². The van der Waals surface area contributed by atoms with E-state index >= 15 is 0 Å². The molecule has 0 heterocycles. The van der Waals surface area contributed by atoms with Crippen LogP contribution >= 0.6 is 0 Å². The molecule has 6 aliphatic carbocycles. The summed E-state index contributed by atoms with van der Waals surface area (Å²) in [6.45, 7) is 0. The van der Waals surface area contributed by atoms with E-state index < -0.39 is 0 Å². The maximum Gasteiger partial charge on any atom is 0.0715 e. The fourth-order valence-electron chi connectivity index (χ4n) is 6.55. The summed E-state index contributed by atoms with van der Waals surface area (Å²) in [4.78, 5) is 0. The van der Waals surface area contributed by atoms with Gasteiger partial charge >= 0.3 is 0 Å². The van der Waals surface area contributed by atoms with Gasteiger partial charge in [0.1, 0.15) is 0 Å². The molecular weight excluding hydrogens is 148 g/mol. The predicted molar refractivity (Wildman–Crippen MR) is 43.2 cm³/mol. The van der Waals surface area contributed by atoms with Gasteiger partial charge in [0.2, 0.25) is 0 Å². The molecule has 6 fully saturated rings. The van der Waals surface area contributed by atoms with Gasteiger partial charge in [-0.15, -0.1) is 0 Å². The Balaban J connectivity index is 1.93. The lowest BCUT2D eigenvalue weighted by molar-refractivity contribution is -0.0539. The van der Waals surface area contributed by atoms with Crippen LogP contribution in [0.5, 0.6) is 0 Å². The molecular formula is C11H14O. The Hall–Kier alpha value is -0.0400. The Morgan fingerprint density at radius 2 is 1.83 bits per heavy atom. The van der Waals surface area contributed by atoms with Crippen LogP contribution in [0, 0.1) is 41.4 Å². The molecule has 6 aliphatic rings. The molecule has 6 saturated carbocycles. The number of rotatable bonds is 0. The van der Waals surface area contributed by atoms with Crippen molar-refractivity contribution >= 4 is 0 Å². The van der Waals surface area contributed by atoms with Gasteiger partial charge in [0.25, 0.3) is 0 Å². The van der Waals surface area contributed by atoms with Gasteiger partial charge in [0.05, 0.1) is 5.60 Å². The van der Waals surface area contributed by atoms with Crippen LogP contribution < -0.4 is 0 Å². The zero-order chi connectivity index (χ0) is 7.66. The first kappa shape index (κ1) is 5.64. The van der Waals surface area contributed by atoms with Crippen molar-refractivity contribution in [3.8, 4) is 0 Å². The van der Waals surface area contributed by atoms with Crippen LogP contribution in [0.1, 0.15) is 19.3 Å². The van der Waals surface area contributed by atoms with E-state index in [2.05, 4.69) is 0 Å². The van der Waals surface area contributed by atoms with Gasteiger partial charge < -0.3 is 5.11 Å². The van der Waals surface area contributed by atoms with Crippen LogP contribution in [0.15, 0.2) is 0 Å². The summed E-state index contributed by atoms with van der Waals surface area (Å²) in [6.07, 6.45) is 4.11. The molecule has 0 spiro atoms. The van der Waals surface area contributed by atoms with Gasteiger partial charge in [-0.1, -0.05) is 0 Å². The predicted octanol–water partition coefficient (Wildman–Crippen LogP) is 1.27. The largest absolute Gasteiger partial charge is 0.389 e. The van der Waals surface area contributed by atoms with E-state index in [1.807, 2.05) is 0 Å². The average molecular weight is 162 g/mol. The van der Waals surface area contributed by atoms with Crippen LogP contribution in [-0.2, 0) is 0 Å². The highest BCUT2D eigenvalue weighted by atomic mass is 16.3. The molecule has 1 nitrogen and oxygen atoms in total. The fourth-order valence-corrected chi connectivity index (χ4v) is 6.55. The molecule has 1 N–H and O–H groups in total. The molecule has 0 aromatic carbocycles. The molecule has 0 aromatic heterocycles. The minimum Gasteiger partial charge on any atom is -0.389 e. The standard InChI is InChI=1S/C11H14O/c12-11-3-7-5-1-4-6(10(5)11)2-8(11)9(4)7/h4-10,12H,1-3H2/t4-,5+,6+,7-,8-,9-,10-,11-/m0/s1. The highest BCUT2D eigenvalue weighted by Crippen LogP contribution is 2.83. The van der Waals surface area contributed by atoms with Gasteiger partial charge in [0, 0.05) is 0 Å². The Morgan fingerprint density at radius 1 is 1.00 bits per heavy atom. The highest BCUT2D eigenvalue weighted by molar-refractivity contribution is 5.31. The second-order valence-electron chi connectivity index (χ2n) is 6.03. The maximum absolute atomic E-state index is 10.5. The van der Waals surface area contributed by atoms with Crippen LogP contribution in [0.3, 0.4) is 0 Å². The molecule has 64 valence electrons. The van der Waals surface area contributed by atoms with E-state index in [9.17, 15) is 5.11 Å². The van der Waals surface area contributed by atoms with Crippen molar-refractivity contribution < 1.29 is 5.11 Å². The van der Waals surface area contributed by atoms with E-state index in [0.29, 0.717) is 0 Å². The zero-order valence-electron chi connectivity index (χ0n) is 7.11. The van der Waals surface area contributed by atoms with E-state index in [1.165, 1.54) is 19.3 Å². The average Bonchev–Trinajstić information content (AvgIpc) is 2.55. The molecule has 0 unspecified atom stereocenters.